The quantitative estimate of drug-likeness (QED) is 0.830. The van der Waals surface area contributed by atoms with Gasteiger partial charge in [0.15, 0.2) is 5.78 Å². The van der Waals surface area contributed by atoms with Crippen molar-refractivity contribution in [1.29, 1.82) is 0 Å². The highest BCUT2D eigenvalue weighted by atomic mass is 35.5. The molecule has 0 spiro atoms. The second kappa shape index (κ2) is 6.90. The molecule has 0 atom stereocenters. The summed E-state index contributed by atoms with van der Waals surface area (Å²) in [5, 5.41) is 6.15. The average molecular weight is 303 g/mol. The highest BCUT2D eigenvalue weighted by molar-refractivity contribution is 6.33. The van der Waals surface area contributed by atoms with Gasteiger partial charge in [0.05, 0.1) is 17.3 Å². The Hall–Kier alpha value is -2.33. The van der Waals surface area contributed by atoms with Gasteiger partial charge < -0.3 is 10.6 Å². The summed E-state index contributed by atoms with van der Waals surface area (Å²) in [4.78, 5) is 23.4. The summed E-state index contributed by atoms with van der Waals surface area (Å²) < 4.78 is 0. The standard InChI is InChI=1S/C16H15ClN2O2/c1-11(20)12-6-2-4-8-14(12)18-10-16(21)19-15-9-5-3-7-13(15)17/h2-9,18H,10H2,1H3,(H,19,21). The van der Waals surface area contributed by atoms with E-state index in [2.05, 4.69) is 10.6 Å². The topological polar surface area (TPSA) is 58.2 Å². The summed E-state index contributed by atoms with van der Waals surface area (Å²) in [6.07, 6.45) is 0. The number of halogens is 1. The Labute approximate surface area is 128 Å². The summed E-state index contributed by atoms with van der Waals surface area (Å²) in [6.45, 7) is 1.54. The molecule has 108 valence electrons. The van der Waals surface area contributed by atoms with E-state index in [0.29, 0.717) is 22.0 Å². The summed E-state index contributed by atoms with van der Waals surface area (Å²) in [5.74, 6) is -0.286. The van der Waals surface area contributed by atoms with E-state index in [1.54, 1.807) is 48.5 Å². The number of ketones is 1. The van der Waals surface area contributed by atoms with Crippen molar-refractivity contribution in [2.75, 3.05) is 17.2 Å². The fourth-order valence-electron chi connectivity index (χ4n) is 1.88. The number of nitrogens with one attached hydrogen (secondary N) is 2. The molecule has 0 aliphatic rings. The molecule has 2 aromatic carbocycles. The van der Waals surface area contributed by atoms with Gasteiger partial charge in [-0.15, -0.1) is 0 Å². The summed E-state index contributed by atoms with van der Waals surface area (Å²) >= 11 is 5.97. The van der Waals surface area contributed by atoms with Crippen LogP contribution in [0.3, 0.4) is 0 Å². The summed E-state index contributed by atoms with van der Waals surface area (Å²) in [7, 11) is 0. The van der Waals surface area contributed by atoms with Crippen molar-refractivity contribution in [3.05, 3.63) is 59.1 Å². The first-order valence-electron chi connectivity index (χ1n) is 6.46. The highest BCUT2D eigenvalue weighted by Gasteiger charge is 2.08. The number of rotatable bonds is 5. The number of carbonyl (C=O) groups is 2. The molecule has 0 fully saturated rings. The first kappa shape index (κ1) is 15.1. The minimum Gasteiger partial charge on any atom is -0.376 e. The van der Waals surface area contributed by atoms with Gasteiger partial charge in [0.1, 0.15) is 0 Å². The van der Waals surface area contributed by atoms with E-state index in [4.69, 9.17) is 11.6 Å². The van der Waals surface area contributed by atoms with Gasteiger partial charge in [-0.3, -0.25) is 9.59 Å². The van der Waals surface area contributed by atoms with Crippen molar-refractivity contribution in [1.82, 2.24) is 0 Å². The molecule has 5 heteroatoms. The van der Waals surface area contributed by atoms with E-state index < -0.39 is 0 Å². The Morgan fingerprint density at radius 2 is 1.62 bits per heavy atom. The van der Waals surface area contributed by atoms with Gasteiger partial charge in [-0.1, -0.05) is 35.9 Å². The third-order valence-electron chi connectivity index (χ3n) is 2.89. The lowest BCUT2D eigenvalue weighted by Crippen LogP contribution is -2.22. The molecular formula is C16H15ClN2O2. The number of carbonyl (C=O) groups excluding carboxylic acids is 2. The van der Waals surface area contributed by atoms with Crippen LogP contribution in [0.1, 0.15) is 17.3 Å². The monoisotopic (exact) mass is 302 g/mol. The van der Waals surface area contributed by atoms with Gasteiger partial charge in [0.2, 0.25) is 5.91 Å². The van der Waals surface area contributed by atoms with Crippen molar-refractivity contribution in [2.24, 2.45) is 0 Å². The van der Waals surface area contributed by atoms with Gasteiger partial charge >= 0.3 is 0 Å². The Kier molecular flexibility index (Phi) is 4.95. The zero-order valence-corrected chi connectivity index (χ0v) is 12.3. The lowest BCUT2D eigenvalue weighted by atomic mass is 10.1. The number of anilines is 2. The molecule has 0 aliphatic heterocycles. The number of hydrogen-bond acceptors (Lipinski definition) is 3. The molecule has 0 radical (unpaired) electrons. The number of benzene rings is 2. The zero-order valence-electron chi connectivity index (χ0n) is 11.5. The van der Waals surface area contributed by atoms with Crippen LogP contribution in [0.2, 0.25) is 5.02 Å². The molecule has 2 rings (SSSR count). The average Bonchev–Trinajstić information content (AvgIpc) is 2.48. The lowest BCUT2D eigenvalue weighted by molar-refractivity contribution is -0.114. The first-order valence-corrected chi connectivity index (χ1v) is 6.84. The molecule has 4 nitrogen and oxygen atoms in total. The maximum absolute atomic E-state index is 11.9. The zero-order chi connectivity index (χ0) is 15.2. The molecule has 0 heterocycles. The van der Waals surface area contributed by atoms with Gasteiger partial charge in [0, 0.05) is 11.3 Å². The van der Waals surface area contributed by atoms with Crippen LogP contribution >= 0.6 is 11.6 Å². The Balaban J connectivity index is 1.99. The molecule has 0 bridgehead atoms. The predicted molar refractivity (Wildman–Crippen MR) is 85.0 cm³/mol. The van der Waals surface area contributed by atoms with Crippen molar-refractivity contribution in [2.45, 2.75) is 6.92 Å². The van der Waals surface area contributed by atoms with Gasteiger partial charge in [0.25, 0.3) is 0 Å². The summed E-state index contributed by atoms with van der Waals surface area (Å²) in [5.41, 5.74) is 1.76. The van der Waals surface area contributed by atoms with Crippen LogP contribution in [0.15, 0.2) is 48.5 Å². The van der Waals surface area contributed by atoms with Crippen LogP contribution in [0.5, 0.6) is 0 Å². The fourth-order valence-corrected chi connectivity index (χ4v) is 2.06. The van der Waals surface area contributed by atoms with Crippen molar-refractivity contribution >= 4 is 34.7 Å². The van der Waals surface area contributed by atoms with Crippen LogP contribution in [0.4, 0.5) is 11.4 Å². The first-order chi connectivity index (χ1) is 10.1. The molecular weight excluding hydrogens is 288 g/mol. The minimum atomic E-state index is -0.235. The van der Waals surface area contributed by atoms with Gasteiger partial charge in [-0.25, -0.2) is 0 Å². The Bertz CT molecular complexity index is 671. The highest BCUT2D eigenvalue weighted by Crippen LogP contribution is 2.20. The van der Waals surface area contributed by atoms with E-state index in [-0.39, 0.29) is 18.2 Å². The molecule has 0 aromatic heterocycles. The molecule has 1 amide bonds. The van der Waals surface area contributed by atoms with Crippen LogP contribution in [-0.4, -0.2) is 18.2 Å². The van der Waals surface area contributed by atoms with Crippen LogP contribution < -0.4 is 10.6 Å². The van der Waals surface area contributed by atoms with E-state index in [1.165, 1.54) is 6.92 Å². The minimum absolute atomic E-state index is 0.0511. The molecule has 0 saturated carbocycles. The second-order valence-electron chi connectivity index (χ2n) is 4.48. The Morgan fingerprint density at radius 1 is 1.00 bits per heavy atom. The smallest absolute Gasteiger partial charge is 0.243 e. The predicted octanol–water partition coefficient (Wildman–Crippen LogP) is 3.59. The lowest BCUT2D eigenvalue weighted by Gasteiger charge is -2.11. The van der Waals surface area contributed by atoms with Crippen molar-refractivity contribution in [3.8, 4) is 0 Å². The third-order valence-corrected chi connectivity index (χ3v) is 3.22. The SMILES string of the molecule is CC(=O)c1ccccc1NCC(=O)Nc1ccccc1Cl. The van der Waals surface area contributed by atoms with Crippen molar-refractivity contribution in [3.63, 3.8) is 0 Å². The van der Waals surface area contributed by atoms with E-state index in [0.717, 1.165) is 0 Å². The van der Waals surface area contributed by atoms with E-state index >= 15 is 0 Å². The van der Waals surface area contributed by atoms with E-state index in [9.17, 15) is 9.59 Å². The second-order valence-corrected chi connectivity index (χ2v) is 4.89. The van der Waals surface area contributed by atoms with Crippen molar-refractivity contribution < 1.29 is 9.59 Å². The summed E-state index contributed by atoms with van der Waals surface area (Å²) in [6, 6.07) is 14.1. The van der Waals surface area contributed by atoms with Gasteiger partial charge in [-0.2, -0.15) is 0 Å². The fraction of sp³-hybridized carbons (Fsp3) is 0.125. The molecule has 0 saturated heterocycles. The third kappa shape index (κ3) is 4.07. The molecule has 2 aromatic rings. The molecule has 0 unspecified atom stereocenters. The van der Waals surface area contributed by atoms with Gasteiger partial charge in [-0.05, 0) is 31.2 Å². The number of hydrogen-bond donors (Lipinski definition) is 2. The Morgan fingerprint density at radius 3 is 2.29 bits per heavy atom. The maximum Gasteiger partial charge on any atom is 0.243 e. The van der Waals surface area contributed by atoms with Crippen LogP contribution in [-0.2, 0) is 4.79 Å². The normalized spacial score (nSPS) is 10.0. The van der Waals surface area contributed by atoms with E-state index in [1.807, 2.05) is 0 Å². The number of para-hydroxylation sites is 2. The largest absolute Gasteiger partial charge is 0.376 e. The molecule has 21 heavy (non-hydrogen) atoms. The van der Waals surface area contributed by atoms with Crippen LogP contribution in [0.25, 0.3) is 0 Å². The van der Waals surface area contributed by atoms with Crippen LogP contribution in [0, 0.1) is 0 Å². The number of Topliss-reactive ketones (excluding diaryl/α,β-unsaturated/α-hetero) is 1. The molecule has 2 N–H and O–H groups in total. The maximum atomic E-state index is 11.9. The number of amides is 1. The molecule has 0 aliphatic carbocycles.